The predicted octanol–water partition coefficient (Wildman–Crippen LogP) is 9.02. The van der Waals surface area contributed by atoms with E-state index in [9.17, 15) is 0 Å². The summed E-state index contributed by atoms with van der Waals surface area (Å²) < 4.78 is 3.20. The molecule has 0 aromatic carbocycles. The molecule has 0 rings (SSSR count). The van der Waals surface area contributed by atoms with Crippen molar-refractivity contribution in [2.45, 2.75) is 155 Å². The van der Waals surface area contributed by atoms with Crippen LogP contribution in [-0.2, 0) is 0 Å². The van der Waals surface area contributed by atoms with Gasteiger partial charge < -0.3 is 4.23 Å². The van der Waals surface area contributed by atoms with E-state index in [1.54, 1.807) is 0 Å². The number of nitrogens with zero attached hydrogens (tertiary/aromatic N) is 1. The van der Waals surface area contributed by atoms with Crippen LogP contribution in [-0.4, -0.2) is 27.0 Å². The number of rotatable bonds is 2. The summed E-state index contributed by atoms with van der Waals surface area (Å²) in [7, 11) is -2.95. The van der Waals surface area contributed by atoms with Gasteiger partial charge in [0, 0.05) is 0 Å². The Morgan fingerprint density at radius 1 is 0.444 bits per heavy atom. The van der Waals surface area contributed by atoms with E-state index in [4.69, 9.17) is 0 Å². The van der Waals surface area contributed by atoms with Gasteiger partial charge in [-0.2, -0.15) is 0 Å². The van der Waals surface area contributed by atoms with Gasteiger partial charge in [0.05, 0.1) is 0 Å². The molecule has 1 radical (unpaired) electrons. The maximum absolute atomic E-state index is 3.20. The van der Waals surface area contributed by atoms with Crippen molar-refractivity contribution < 1.29 is 0 Å². The summed E-state index contributed by atoms with van der Waals surface area (Å²) in [4.78, 5) is 0. The molecule has 0 aromatic rings. The molecular formula is C24H54NSi2. The Morgan fingerprint density at radius 2 is 0.667 bits per heavy atom. The van der Waals surface area contributed by atoms with E-state index < -0.39 is 17.2 Å². The molecule has 0 aromatic heterocycles. The number of hydrogen-bond donors (Lipinski definition) is 0. The van der Waals surface area contributed by atoms with Crippen molar-refractivity contribution in [2.75, 3.05) is 0 Å². The van der Waals surface area contributed by atoms with Crippen molar-refractivity contribution in [2.24, 2.45) is 0 Å². The van der Waals surface area contributed by atoms with Crippen molar-refractivity contribution in [3.05, 3.63) is 0 Å². The van der Waals surface area contributed by atoms with Gasteiger partial charge in [-0.3, -0.25) is 0 Å². The SMILES string of the molecule is CC(C)(C)N([Si](C(C)(C)C)C(C)(C)C)[Si](C(C)(C)C)(C(C)(C)C)C(C)(C)C. The van der Waals surface area contributed by atoms with Crippen molar-refractivity contribution in [1.82, 2.24) is 4.23 Å². The average molecular weight is 413 g/mol. The quantitative estimate of drug-likeness (QED) is 0.409. The monoisotopic (exact) mass is 412 g/mol. The average Bonchev–Trinajstić information content (AvgIpc) is 2.15. The first-order valence-corrected chi connectivity index (χ1v) is 14.3. The van der Waals surface area contributed by atoms with Gasteiger partial charge in [0.15, 0.2) is 0 Å². The Kier molecular flexibility index (Phi) is 7.37. The standard InChI is InChI=1S/C24H54NSi2/c1-19(2,3)25(26(20(4,5)6)21(7,8)9)27(22(10,11)12,23(13,14)15)24(16,17)18/h1-18H3. The lowest BCUT2D eigenvalue weighted by Gasteiger charge is -2.71. The number of hydrogen-bond acceptors (Lipinski definition) is 1. The zero-order valence-corrected chi connectivity index (χ0v) is 24.4. The first-order valence-electron chi connectivity index (χ1n) is 10.9. The second kappa shape index (κ2) is 7.27. The Bertz CT molecular complexity index is 443. The lowest BCUT2D eigenvalue weighted by molar-refractivity contribution is 0.280. The molecule has 0 spiro atoms. The summed E-state index contributed by atoms with van der Waals surface area (Å²) in [5, 5.41) is 1.40. The largest absolute Gasteiger partial charge is 0.340 e. The third-order valence-corrected chi connectivity index (χ3v) is 19.4. The first kappa shape index (κ1) is 27.4. The van der Waals surface area contributed by atoms with E-state index in [-0.39, 0.29) is 20.7 Å². The van der Waals surface area contributed by atoms with E-state index in [1.165, 1.54) is 0 Å². The summed E-state index contributed by atoms with van der Waals surface area (Å²) in [6.45, 7) is 45.3. The van der Waals surface area contributed by atoms with Crippen LogP contribution in [0.15, 0.2) is 0 Å². The smallest absolute Gasteiger partial charge is 0.141 e. The zero-order valence-electron chi connectivity index (χ0n) is 22.4. The fraction of sp³-hybridized carbons (Fsp3) is 1.00. The minimum atomic E-state index is -2.07. The highest BCUT2D eigenvalue weighted by Gasteiger charge is 2.68. The van der Waals surface area contributed by atoms with Crippen LogP contribution in [0, 0.1) is 0 Å². The highest BCUT2D eigenvalue weighted by molar-refractivity contribution is 6.93. The second-order valence-corrected chi connectivity index (χ2v) is 25.8. The van der Waals surface area contributed by atoms with Gasteiger partial charge in [-0.15, -0.1) is 0 Å². The van der Waals surface area contributed by atoms with Gasteiger partial charge >= 0.3 is 0 Å². The fourth-order valence-electron chi connectivity index (χ4n) is 7.18. The molecule has 1 nitrogen and oxygen atoms in total. The molecule has 0 N–H and O–H groups in total. The van der Waals surface area contributed by atoms with Gasteiger partial charge in [0.2, 0.25) is 0 Å². The molecule has 0 aliphatic heterocycles. The molecule has 163 valence electrons. The zero-order chi connectivity index (χ0) is 22.7. The normalized spacial score (nSPS) is 16.4. The molecular weight excluding hydrogens is 358 g/mol. The molecule has 27 heavy (non-hydrogen) atoms. The minimum Gasteiger partial charge on any atom is -0.340 e. The molecule has 0 saturated carbocycles. The Hall–Kier alpha value is 0.394. The predicted molar refractivity (Wildman–Crippen MR) is 132 cm³/mol. The van der Waals surface area contributed by atoms with E-state index in [0.717, 1.165) is 0 Å². The molecule has 0 unspecified atom stereocenters. The van der Waals surface area contributed by atoms with Gasteiger partial charge in [-0.1, -0.05) is 104 Å². The van der Waals surface area contributed by atoms with Crippen LogP contribution in [0.3, 0.4) is 0 Å². The highest BCUT2D eigenvalue weighted by atomic mass is 28.4. The topological polar surface area (TPSA) is 3.24 Å². The Labute approximate surface area is 176 Å². The lowest BCUT2D eigenvalue weighted by Crippen LogP contribution is -2.79. The van der Waals surface area contributed by atoms with Crippen LogP contribution in [0.1, 0.15) is 125 Å². The summed E-state index contributed by atoms with van der Waals surface area (Å²) in [6.07, 6.45) is 0. The minimum absolute atomic E-state index is 0.148. The van der Waals surface area contributed by atoms with Gasteiger partial charge in [-0.25, -0.2) is 0 Å². The summed E-state index contributed by atoms with van der Waals surface area (Å²) >= 11 is 0. The highest BCUT2D eigenvalue weighted by Crippen LogP contribution is 2.66. The first-order chi connectivity index (χ1) is 11.2. The lowest BCUT2D eigenvalue weighted by atomic mass is 10.1. The van der Waals surface area contributed by atoms with Gasteiger partial charge in [-0.05, 0) is 51.5 Å². The van der Waals surface area contributed by atoms with Crippen LogP contribution in [0.5, 0.6) is 0 Å². The summed E-state index contributed by atoms with van der Waals surface area (Å²) in [5.74, 6) is 0. The Balaban J connectivity index is 7.60. The second-order valence-electron chi connectivity index (χ2n) is 14.8. The van der Waals surface area contributed by atoms with Crippen molar-refractivity contribution in [3.8, 4) is 0 Å². The van der Waals surface area contributed by atoms with Crippen LogP contribution in [0.25, 0.3) is 0 Å². The fourth-order valence-corrected chi connectivity index (χ4v) is 27.6. The van der Waals surface area contributed by atoms with E-state index in [1.807, 2.05) is 0 Å². The molecule has 0 aliphatic rings. The van der Waals surface area contributed by atoms with E-state index in [2.05, 4.69) is 129 Å². The van der Waals surface area contributed by atoms with Crippen molar-refractivity contribution in [3.63, 3.8) is 0 Å². The molecule has 3 heteroatoms. The molecule has 0 saturated heterocycles. The van der Waals surface area contributed by atoms with E-state index >= 15 is 0 Å². The Morgan fingerprint density at radius 3 is 0.778 bits per heavy atom. The van der Waals surface area contributed by atoms with Crippen LogP contribution in [0.2, 0.25) is 25.2 Å². The van der Waals surface area contributed by atoms with Crippen LogP contribution < -0.4 is 0 Å². The molecule has 0 amide bonds. The van der Waals surface area contributed by atoms with Crippen LogP contribution >= 0.6 is 0 Å². The maximum atomic E-state index is 3.20. The molecule has 0 fully saturated rings. The molecule has 0 aliphatic carbocycles. The molecule has 0 heterocycles. The summed E-state index contributed by atoms with van der Waals surface area (Å²) in [6, 6.07) is 0. The molecule has 0 atom stereocenters. The third kappa shape index (κ3) is 5.12. The third-order valence-electron chi connectivity index (χ3n) is 5.91. The van der Waals surface area contributed by atoms with Gasteiger partial charge in [0.1, 0.15) is 17.2 Å². The van der Waals surface area contributed by atoms with Crippen molar-refractivity contribution in [1.29, 1.82) is 0 Å². The van der Waals surface area contributed by atoms with Gasteiger partial charge in [0.25, 0.3) is 0 Å². The van der Waals surface area contributed by atoms with Crippen molar-refractivity contribution >= 4 is 17.2 Å². The van der Waals surface area contributed by atoms with E-state index in [0.29, 0.717) is 10.1 Å². The maximum Gasteiger partial charge on any atom is 0.141 e. The summed E-state index contributed by atoms with van der Waals surface area (Å²) in [5.41, 5.74) is 0.148. The molecule has 0 bridgehead atoms. The van der Waals surface area contributed by atoms with Crippen LogP contribution in [0.4, 0.5) is 0 Å².